The van der Waals surface area contributed by atoms with Gasteiger partial charge in [-0.1, -0.05) is 48.5 Å². The Kier molecular flexibility index (Phi) is 7.91. The van der Waals surface area contributed by atoms with E-state index in [4.69, 9.17) is 4.74 Å². The first-order chi connectivity index (χ1) is 18.5. The van der Waals surface area contributed by atoms with Crippen LogP contribution in [0.4, 0.5) is 5.69 Å². The second-order valence-corrected chi connectivity index (χ2v) is 10.8. The second kappa shape index (κ2) is 11.7. The van der Waals surface area contributed by atoms with Crippen LogP contribution in [0.2, 0.25) is 0 Å². The number of benzene rings is 3. The Bertz CT molecular complexity index is 1430. The van der Waals surface area contributed by atoms with Crippen molar-refractivity contribution >= 4 is 34.4 Å². The van der Waals surface area contributed by atoms with Crippen molar-refractivity contribution in [2.45, 2.75) is 19.8 Å². The van der Waals surface area contributed by atoms with E-state index in [-0.39, 0.29) is 23.8 Å². The van der Waals surface area contributed by atoms with E-state index in [1.54, 1.807) is 24.3 Å². The molecule has 38 heavy (non-hydrogen) atoms. The van der Waals surface area contributed by atoms with Crippen LogP contribution in [-0.2, 0) is 17.6 Å². The van der Waals surface area contributed by atoms with Crippen molar-refractivity contribution in [3.05, 3.63) is 123 Å². The van der Waals surface area contributed by atoms with Crippen molar-refractivity contribution in [1.29, 1.82) is 0 Å². The van der Waals surface area contributed by atoms with Gasteiger partial charge in [0.15, 0.2) is 17.3 Å². The van der Waals surface area contributed by atoms with E-state index in [1.165, 1.54) is 11.3 Å². The first-order valence-corrected chi connectivity index (χ1v) is 13.6. The largest absolute Gasteiger partial charge is 0.378 e. The summed E-state index contributed by atoms with van der Waals surface area (Å²) in [6.45, 7) is 5.15. The predicted octanol–water partition coefficient (Wildman–Crippen LogP) is 5.97. The van der Waals surface area contributed by atoms with Gasteiger partial charge in [-0.15, -0.1) is 11.3 Å². The number of hydrogen-bond donors (Lipinski definition) is 0. The number of thiophene rings is 1. The molecule has 0 spiro atoms. The van der Waals surface area contributed by atoms with Gasteiger partial charge in [0.2, 0.25) is 0 Å². The number of Topliss-reactive ketones (excluding diaryl/α,β-unsaturated/α-hetero) is 2. The Labute approximate surface area is 226 Å². The summed E-state index contributed by atoms with van der Waals surface area (Å²) in [5.41, 5.74) is 4.65. The fraction of sp³-hybridized carbons (Fsp3) is 0.219. The van der Waals surface area contributed by atoms with Crippen LogP contribution in [0.15, 0.2) is 84.9 Å². The molecule has 0 radical (unpaired) electrons. The molecular formula is C32H29NO4S. The van der Waals surface area contributed by atoms with Crippen LogP contribution in [0.5, 0.6) is 0 Å². The van der Waals surface area contributed by atoms with Gasteiger partial charge in [0.1, 0.15) is 0 Å². The molecule has 6 heteroatoms. The number of nitrogens with zero attached hydrogens (tertiary/aromatic N) is 1. The van der Waals surface area contributed by atoms with Crippen LogP contribution in [0.1, 0.15) is 52.0 Å². The standard InChI is InChI=1S/C32H29NO4S/c1-22-2-15-31(38-22)30(35)21-24-5-9-27(10-6-24)32(36)26-7-3-23(4-8-26)20-29(34)25-11-13-28(14-12-25)33-16-18-37-19-17-33/h2-15H,16-21H2,1H3. The molecule has 2 heterocycles. The highest BCUT2D eigenvalue weighted by Crippen LogP contribution is 2.20. The van der Waals surface area contributed by atoms with E-state index in [2.05, 4.69) is 4.90 Å². The lowest BCUT2D eigenvalue weighted by Crippen LogP contribution is -2.36. The molecule has 0 bridgehead atoms. The third kappa shape index (κ3) is 6.15. The minimum atomic E-state index is -0.0895. The van der Waals surface area contributed by atoms with Gasteiger partial charge < -0.3 is 9.64 Å². The van der Waals surface area contributed by atoms with E-state index in [0.29, 0.717) is 23.1 Å². The van der Waals surface area contributed by atoms with Crippen LogP contribution in [0.25, 0.3) is 0 Å². The van der Waals surface area contributed by atoms with Gasteiger partial charge >= 0.3 is 0 Å². The minimum Gasteiger partial charge on any atom is -0.378 e. The smallest absolute Gasteiger partial charge is 0.193 e. The summed E-state index contributed by atoms with van der Waals surface area (Å²) in [4.78, 5) is 42.4. The van der Waals surface area contributed by atoms with Gasteiger partial charge in [-0.3, -0.25) is 14.4 Å². The average molecular weight is 524 g/mol. The Morgan fingerprint density at radius 1 is 0.684 bits per heavy atom. The fourth-order valence-corrected chi connectivity index (χ4v) is 5.34. The number of carbonyl (C=O) groups excluding carboxylic acids is 3. The number of aryl methyl sites for hydroxylation is 1. The maximum absolute atomic E-state index is 13.0. The highest BCUT2D eigenvalue weighted by molar-refractivity contribution is 7.14. The zero-order chi connectivity index (χ0) is 26.5. The quantitative estimate of drug-likeness (QED) is 0.253. The summed E-state index contributed by atoms with van der Waals surface area (Å²) >= 11 is 1.50. The molecule has 4 aromatic rings. The summed E-state index contributed by atoms with van der Waals surface area (Å²) in [6, 6.07) is 26.0. The molecule has 1 aromatic heterocycles. The maximum atomic E-state index is 13.0. The highest BCUT2D eigenvalue weighted by atomic mass is 32.1. The fourth-order valence-electron chi connectivity index (χ4n) is 4.54. The summed E-state index contributed by atoms with van der Waals surface area (Å²) in [7, 11) is 0. The van der Waals surface area contributed by atoms with Crippen molar-refractivity contribution < 1.29 is 19.1 Å². The van der Waals surface area contributed by atoms with Gasteiger partial charge in [-0.05, 0) is 54.4 Å². The Balaban J connectivity index is 1.17. The van der Waals surface area contributed by atoms with Gasteiger partial charge in [-0.25, -0.2) is 0 Å². The van der Waals surface area contributed by atoms with E-state index in [0.717, 1.165) is 52.9 Å². The summed E-state index contributed by atoms with van der Waals surface area (Å²) in [5.74, 6) is 0.0362. The summed E-state index contributed by atoms with van der Waals surface area (Å²) < 4.78 is 5.40. The van der Waals surface area contributed by atoms with Gasteiger partial charge in [0.25, 0.3) is 0 Å². The van der Waals surface area contributed by atoms with Crippen LogP contribution < -0.4 is 4.90 Å². The van der Waals surface area contributed by atoms with Gasteiger partial charge in [-0.2, -0.15) is 0 Å². The number of rotatable bonds is 9. The zero-order valence-electron chi connectivity index (χ0n) is 21.3. The van der Waals surface area contributed by atoms with Crippen molar-refractivity contribution in [2.24, 2.45) is 0 Å². The van der Waals surface area contributed by atoms with Crippen LogP contribution in [0, 0.1) is 6.92 Å². The highest BCUT2D eigenvalue weighted by Gasteiger charge is 2.15. The molecule has 5 nitrogen and oxygen atoms in total. The first-order valence-electron chi connectivity index (χ1n) is 12.7. The second-order valence-electron chi connectivity index (χ2n) is 9.48. The number of morpholine rings is 1. The number of anilines is 1. The molecule has 192 valence electrons. The summed E-state index contributed by atoms with van der Waals surface area (Å²) in [5, 5.41) is 0. The third-order valence-corrected chi connectivity index (χ3v) is 7.78. The Morgan fingerprint density at radius 3 is 1.74 bits per heavy atom. The predicted molar refractivity (Wildman–Crippen MR) is 151 cm³/mol. The summed E-state index contributed by atoms with van der Waals surface area (Å²) in [6.07, 6.45) is 0.588. The number of ketones is 3. The van der Waals surface area contributed by atoms with Crippen molar-refractivity contribution in [2.75, 3.05) is 31.2 Å². The molecule has 0 atom stereocenters. The average Bonchev–Trinajstić information content (AvgIpc) is 3.40. The minimum absolute atomic E-state index is 0.0421. The number of ether oxygens (including phenoxy) is 1. The Morgan fingerprint density at radius 2 is 1.21 bits per heavy atom. The Hall–Kier alpha value is -3.87. The van der Waals surface area contributed by atoms with Crippen LogP contribution >= 0.6 is 11.3 Å². The zero-order valence-corrected chi connectivity index (χ0v) is 22.1. The van der Waals surface area contributed by atoms with Crippen molar-refractivity contribution in [1.82, 2.24) is 0 Å². The molecule has 0 N–H and O–H groups in total. The molecule has 3 aromatic carbocycles. The van der Waals surface area contributed by atoms with E-state index in [1.807, 2.05) is 67.6 Å². The molecule has 0 amide bonds. The maximum Gasteiger partial charge on any atom is 0.193 e. The van der Waals surface area contributed by atoms with Crippen molar-refractivity contribution in [3.63, 3.8) is 0 Å². The third-order valence-electron chi connectivity index (χ3n) is 6.74. The molecule has 0 saturated carbocycles. The van der Waals surface area contributed by atoms with Gasteiger partial charge in [0.05, 0.1) is 18.1 Å². The first kappa shape index (κ1) is 25.8. The molecule has 1 aliphatic rings. The van der Waals surface area contributed by atoms with Crippen LogP contribution in [-0.4, -0.2) is 43.7 Å². The van der Waals surface area contributed by atoms with Crippen molar-refractivity contribution in [3.8, 4) is 0 Å². The molecular weight excluding hydrogens is 494 g/mol. The molecule has 1 aliphatic heterocycles. The molecule has 5 rings (SSSR count). The normalized spacial score (nSPS) is 13.3. The molecule has 1 saturated heterocycles. The van der Waals surface area contributed by atoms with E-state index in [9.17, 15) is 14.4 Å². The van der Waals surface area contributed by atoms with Crippen LogP contribution in [0.3, 0.4) is 0 Å². The monoisotopic (exact) mass is 523 g/mol. The molecule has 1 fully saturated rings. The lowest BCUT2D eigenvalue weighted by molar-refractivity contribution is 0.0986. The topological polar surface area (TPSA) is 63.7 Å². The molecule has 0 unspecified atom stereocenters. The number of hydrogen-bond acceptors (Lipinski definition) is 6. The number of carbonyl (C=O) groups is 3. The lowest BCUT2D eigenvalue weighted by Gasteiger charge is -2.28. The van der Waals surface area contributed by atoms with E-state index < -0.39 is 0 Å². The van der Waals surface area contributed by atoms with E-state index >= 15 is 0 Å². The molecule has 0 aliphatic carbocycles. The SMILES string of the molecule is Cc1ccc(C(=O)Cc2ccc(C(=O)c3ccc(CC(=O)c4ccc(N5CCOCC5)cc4)cc3)cc2)s1. The lowest BCUT2D eigenvalue weighted by atomic mass is 9.97. The van der Waals surface area contributed by atoms with Gasteiger partial charge in [0, 0.05) is 53.2 Å².